The van der Waals surface area contributed by atoms with Crippen LogP contribution in [0.3, 0.4) is 0 Å². The van der Waals surface area contributed by atoms with Gasteiger partial charge >= 0.3 is 0 Å². The molecule has 2 saturated heterocycles. The van der Waals surface area contributed by atoms with Crippen LogP contribution in [-0.2, 0) is 0 Å². The van der Waals surface area contributed by atoms with E-state index in [1.165, 1.54) is 12.8 Å². The summed E-state index contributed by atoms with van der Waals surface area (Å²) in [6.07, 6.45) is 8.52. The van der Waals surface area contributed by atoms with E-state index >= 15 is 0 Å². The average molecular weight is 269 g/mol. The Morgan fingerprint density at radius 1 is 1.25 bits per heavy atom. The average Bonchev–Trinajstić information content (AvgIpc) is 3.02. The lowest BCUT2D eigenvalue weighted by Crippen LogP contribution is -2.47. The lowest BCUT2D eigenvalue weighted by molar-refractivity contribution is 0.0924. The van der Waals surface area contributed by atoms with Gasteiger partial charge in [0.2, 0.25) is 0 Å². The van der Waals surface area contributed by atoms with Crippen molar-refractivity contribution in [3.8, 4) is 0 Å². The molecule has 0 spiro atoms. The van der Waals surface area contributed by atoms with Crippen molar-refractivity contribution in [2.24, 2.45) is 0 Å². The number of carbonyl (C=O) groups excluding carboxylic acids is 1. The molecule has 2 bridgehead atoms. The van der Waals surface area contributed by atoms with Gasteiger partial charge in [-0.2, -0.15) is 0 Å². The van der Waals surface area contributed by atoms with Crippen LogP contribution < -0.4 is 10.6 Å². The molecule has 2 atom stereocenters. The summed E-state index contributed by atoms with van der Waals surface area (Å²) in [5.41, 5.74) is 1.81. The molecule has 2 aromatic heterocycles. The van der Waals surface area contributed by atoms with Gasteiger partial charge in [0.05, 0.1) is 5.56 Å². The Hall–Kier alpha value is -1.81. The van der Waals surface area contributed by atoms with E-state index in [2.05, 4.69) is 10.6 Å². The topological polar surface area (TPSA) is 45.5 Å². The molecule has 2 N–H and O–H groups in total. The molecule has 2 fully saturated rings. The van der Waals surface area contributed by atoms with E-state index in [0.717, 1.165) is 23.9 Å². The molecule has 0 aliphatic carbocycles. The van der Waals surface area contributed by atoms with Gasteiger partial charge in [-0.25, -0.2) is 0 Å². The number of hydrogen-bond acceptors (Lipinski definition) is 2. The van der Waals surface area contributed by atoms with Crippen LogP contribution in [0.2, 0.25) is 0 Å². The molecule has 2 aromatic rings. The smallest absolute Gasteiger partial charge is 0.253 e. The van der Waals surface area contributed by atoms with Crippen LogP contribution in [-0.4, -0.2) is 28.4 Å². The van der Waals surface area contributed by atoms with E-state index in [1.54, 1.807) is 0 Å². The quantitative estimate of drug-likeness (QED) is 0.875. The maximum atomic E-state index is 12.4. The molecule has 0 radical (unpaired) electrons. The highest BCUT2D eigenvalue weighted by Gasteiger charge is 2.34. The number of nitrogens with one attached hydrogen (secondary N) is 2. The number of piperidine rings is 1. The van der Waals surface area contributed by atoms with Gasteiger partial charge in [-0.1, -0.05) is 6.07 Å². The van der Waals surface area contributed by atoms with Crippen LogP contribution in [0, 0.1) is 0 Å². The van der Waals surface area contributed by atoms with Gasteiger partial charge in [0, 0.05) is 36.0 Å². The van der Waals surface area contributed by atoms with Gasteiger partial charge in [-0.3, -0.25) is 4.79 Å². The third-order valence-electron chi connectivity index (χ3n) is 4.57. The molecule has 1 amide bonds. The Morgan fingerprint density at radius 3 is 2.80 bits per heavy atom. The third kappa shape index (κ3) is 2.10. The fourth-order valence-electron chi connectivity index (χ4n) is 3.62. The molecule has 4 rings (SSSR count). The van der Waals surface area contributed by atoms with Gasteiger partial charge in [0.15, 0.2) is 0 Å². The van der Waals surface area contributed by atoms with Gasteiger partial charge in [0.25, 0.3) is 5.91 Å². The van der Waals surface area contributed by atoms with E-state index in [-0.39, 0.29) is 5.91 Å². The highest BCUT2D eigenvalue weighted by atomic mass is 16.1. The van der Waals surface area contributed by atoms with E-state index in [4.69, 9.17) is 0 Å². The number of rotatable bonds is 2. The van der Waals surface area contributed by atoms with Crippen molar-refractivity contribution >= 4 is 11.4 Å². The Kier molecular flexibility index (Phi) is 2.77. The fourth-order valence-corrected chi connectivity index (χ4v) is 3.62. The highest BCUT2D eigenvalue weighted by Crippen LogP contribution is 2.27. The first-order chi connectivity index (χ1) is 9.78. The fraction of sp³-hybridized carbons (Fsp3) is 0.438. The number of aromatic nitrogens is 1. The molecule has 0 saturated carbocycles. The molecule has 2 aliphatic rings. The first kappa shape index (κ1) is 12.0. The summed E-state index contributed by atoms with van der Waals surface area (Å²) < 4.78 is 1.99. The summed E-state index contributed by atoms with van der Waals surface area (Å²) >= 11 is 0. The second-order valence-electron chi connectivity index (χ2n) is 6.04. The molecular formula is C16H19N3O. The largest absolute Gasteiger partial charge is 0.349 e. The van der Waals surface area contributed by atoms with Crippen LogP contribution in [0.4, 0.5) is 0 Å². The van der Waals surface area contributed by atoms with Crippen LogP contribution in [0.15, 0.2) is 36.7 Å². The maximum absolute atomic E-state index is 12.4. The van der Waals surface area contributed by atoms with E-state index in [1.807, 2.05) is 41.1 Å². The Morgan fingerprint density at radius 2 is 2.05 bits per heavy atom. The molecule has 0 aromatic carbocycles. The van der Waals surface area contributed by atoms with E-state index in [9.17, 15) is 4.79 Å². The van der Waals surface area contributed by atoms with Crippen LogP contribution in [0.25, 0.3) is 5.52 Å². The number of amides is 1. The highest BCUT2D eigenvalue weighted by molar-refractivity contribution is 5.95. The Bertz CT molecular complexity index is 603. The summed E-state index contributed by atoms with van der Waals surface area (Å²) in [5, 5.41) is 6.80. The van der Waals surface area contributed by atoms with Gasteiger partial charge in [-0.15, -0.1) is 0 Å². The standard InChI is InChI=1S/C16H19N3O/c20-16(11-7-15-3-1-2-6-19(15)10-11)18-14-8-12-4-5-13(9-14)17-12/h1-3,6-7,10,12-14,17H,4-5,8-9H2,(H,18,20). The van der Waals surface area contributed by atoms with E-state index < -0.39 is 0 Å². The van der Waals surface area contributed by atoms with Gasteiger partial charge in [0.1, 0.15) is 0 Å². The second-order valence-corrected chi connectivity index (χ2v) is 6.04. The zero-order chi connectivity index (χ0) is 13.5. The third-order valence-corrected chi connectivity index (χ3v) is 4.57. The van der Waals surface area contributed by atoms with Crippen molar-refractivity contribution in [2.75, 3.05) is 0 Å². The van der Waals surface area contributed by atoms with Crippen molar-refractivity contribution in [1.29, 1.82) is 0 Å². The van der Waals surface area contributed by atoms with Crippen molar-refractivity contribution in [3.63, 3.8) is 0 Å². The number of carbonyl (C=O) groups is 1. The van der Waals surface area contributed by atoms with Crippen molar-refractivity contribution in [2.45, 2.75) is 43.8 Å². The van der Waals surface area contributed by atoms with Crippen molar-refractivity contribution < 1.29 is 4.79 Å². The van der Waals surface area contributed by atoms with Crippen molar-refractivity contribution in [1.82, 2.24) is 15.0 Å². The zero-order valence-electron chi connectivity index (χ0n) is 11.4. The number of hydrogen-bond donors (Lipinski definition) is 2. The molecule has 20 heavy (non-hydrogen) atoms. The molecular weight excluding hydrogens is 250 g/mol. The van der Waals surface area contributed by atoms with Crippen LogP contribution in [0.1, 0.15) is 36.0 Å². The first-order valence-corrected chi connectivity index (χ1v) is 7.41. The molecule has 2 aliphatic heterocycles. The van der Waals surface area contributed by atoms with Crippen molar-refractivity contribution in [3.05, 3.63) is 42.2 Å². The van der Waals surface area contributed by atoms with Crippen LogP contribution >= 0.6 is 0 Å². The predicted molar refractivity (Wildman–Crippen MR) is 77.8 cm³/mol. The molecule has 2 unspecified atom stereocenters. The minimum atomic E-state index is 0.0556. The summed E-state index contributed by atoms with van der Waals surface area (Å²) in [4.78, 5) is 12.4. The summed E-state index contributed by atoms with van der Waals surface area (Å²) in [6, 6.07) is 9.45. The monoisotopic (exact) mass is 269 g/mol. The number of pyridine rings is 1. The van der Waals surface area contributed by atoms with Crippen LogP contribution in [0.5, 0.6) is 0 Å². The normalized spacial score (nSPS) is 28.7. The zero-order valence-corrected chi connectivity index (χ0v) is 11.4. The minimum absolute atomic E-state index is 0.0556. The van der Waals surface area contributed by atoms with Gasteiger partial charge < -0.3 is 15.0 Å². The summed E-state index contributed by atoms with van der Waals surface area (Å²) in [7, 11) is 0. The minimum Gasteiger partial charge on any atom is -0.349 e. The predicted octanol–water partition coefficient (Wildman–Crippen LogP) is 1.95. The SMILES string of the molecule is O=C(NC1CC2CCC(C1)N2)c1cc2ccccn2c1. The lowest BCUT2D eigenvalue weighted by atomic mass is 9.99. The number of fused-ring (bicyclic) bond motifs is 3. The molecule has 4 nitrogen and oxygen atoms in total. The number of nitrogens with zero attached hydrogens (tertiary/aromatic N) is 1. The molecule has 104 valence electrons. The molecule has 4 heteroatoms. The molecule has 4 heterocycles. The maximum Gasteiger partial charge on any atom is 0.253 e. The summed E-state index contributed by atoms with van der Waals surface area (Å²) in [5.74, 6) is 0.0556. The Balaban J connectivity index is 1.49. The lowest BCUT2D eigenvalue weighted by Gasteiger charge is -2.29. The second kappa shape index (κ2) is 4.63. The van der Waals surface area contributed by atoms with Gasteiger partial charge in [-0.05, 0) is 43.9 Å². The first-order valence-electron chi connectivity index (χ1n) is 7.41. The summed E-state index contributed by atoms with van der Waals surface area (Å²) in [6.45, 7) is 0. The van der Waals surface area contributed by atoms with E-state index in [0.29, 0.717) is 18.1 Å². The Labute approximate surface area is 118 Å².